The summed E-state index contributed by atoms with van der Waals surface area (Å²) in [5.74, 6) is 1.09. The molecule has 0 bridgehead atoms. The first-order chi connectivity index (χ1) is 8.69. The maximum atomic E-state index is 5.82. The van der Waals surface area contributed by atoms with Crippen LogP contribution in [0.25, 0.3) is 0 Å². The van der Waals surface area contributed by atoms with Crippen LogP contribution >= 0.6 is 11.6 Å². The van der Waals surface area contributed by atoms with Gasteiger partial charge in [-0.05, 0) is 24.6 Å². The molecule has 0 amide bonds. The second kappa shape index (κ2) is 5.78. The highest BCUT2D eigenvalue weighted by Crippen LogP contribution is 2.12. The predicted molar refractivity (Wildman–Crippen MR) is 72.7 cm³/mol. The molecule has 94 valence electrons. The summed E-state index contributed by atoms with van der Waals surface area (Å²) in [6.07, 6.45) is 3.60. The number of hydrogen-bond acceptors (Lipinski definition) is 4. The zero-order valence-corrected chi connectivity index (χ0v) is 11.2. The Kier molecular flexibility index (Phi) is 4.10. The fourth-order valence-corrected chi connectivity index (χ4v) is 1.83. The number of pyridine rings is 1. The Balaban J connectivity index is 2.18. The molecule has 0 fully saturated rings. The van der Waals surface area contributed by atoms with Crippen LogP contribution in [0.5, 0.6) is 0 Å². The van der Waals surface area contributed by atoms with Crippen LogP contribution in [0.1, 0.15) is 17.0 Å². The molecule has 0 aliphatic carbocycles. The lowest BCUT2D eigenvalue weighted by Gasteiger charge is -2.17. The lowest BCUT2D eigenvalue weighted by molar-refractivity contribution is 0.846. The van der Waals surface area contributed by atoms with Gasteiger partial charge in [0.2, 0.25) is 5.95 Å². The number of hydrogen-bond donors (Lipinski definition) is 0. The topological polar surface area (TPSA) is 41.9 Å². The number of aromatic nitrogens is 3. The molecule has 18 heavy (non-hydrogen) atoms. The fraction of sp³-hybridized carbons (Fsp3) is 0.308. The highest BCUT2D eigenvalue weighted by molar-refractivity contribution is 6.16. The Morgan fingerprint density at radius 2 is 2.17 bits per heavy atom. The van der Waals surface area contributed by atoms with Crippen molar-refractivity contribution in [1.82, 2.24) is 15.0 Å². The summed E-state index contributed by atoms with van der Waals surface area (Å²) < 4.78 is 0. The molecule has 2 aromatic heterocycles. The van der Waals surface area contributed by atoms with Gasteiger partial charge in [-0.3, -0.25) is 4.98 Å². The van der Waals surface area contributed by atoms with Gasteiger partial charge < -0.3 is 4.90 Å². The molecule has 0 atom stereocenters. The first-order valence-corrected chi connectivity index (χ1v) is 6.23. The minimum absolute atomic E-state index is 0.400. The Bertz CT molecular complexity index is 516. The molecule has 5 heteroatoms. The van der Waals surface area contributed by atoms with Gasteiger partial charge in [0.15, 0.2) is 0 Å². The van der Waals surface area contributed by atoms with Gasteiger partial charge in [0.1, 0.15) is 0 Å². The maximum Gasteiger partial charge on any atom is 0.225 e. The van der Waals surface area contributed by atoms with Crippen LogP contribution < -0.4 is 4.90 Å². The lowest BCUT2D eigenvalue weighted by atomic mass is 10.3. The van der Waals surface area contributed by atoms with E-state index in [9.17, 15) is 0 Å². The van der Waals surface area contributed by atoms with E-state index in [1.165, 1.54) is 0 Å². The average molecular weight is 263 g/mol. The molecule has 2 heterocycles. The molecular weight excluding hydrogens is 248 g/mol. The Morgan fingerprint density at radius 1 is 1.33 bits per heavy atom. The number of aryl methyl sites for hydroxylation is 1. The maximum absolute atomic E-state index is 5.82. The Morgan fingerprint density at radius 3 is 2.83 bits per heavy atom. The van der Waals surface area contributed by atoms with Crippen molar-refractivity contribution in [3.05, 3.63) is 47.5 Å². The van der Waals surface area contributed by atoms with Crippen molar-refractivity contribution in [2.75, 3.05) is 11.9 Å². The summed E-state index contributed by atoms with van der Waals surface area (Å²) in [4.78, 5) is 14.9. The monoisotopic (exact) mass is 262 g/mol. The van der Waals surface area contributed by atoms with Gasteiger partial charge in [-0.25, -0.2) is 9.97 Å². The van der Waals surface area contributed by atoms with E-state index in [0.717, 1.165) is 23.5 Å². The third-order valence-corrected chi connectivity index (χ3v) is 2.79. The smallest absolute Gasteiger partial charge is 0.225 e. The highest BCUT2D eigenvalue weighted by atomic mass is 35.5. The Hall–Kier alpha value is -1.68. The summed E-state index contributed by atoms with van der Waals surface area (Å²) >= 11 is 5.82. The number of nitrogens with zero attached hydrogens (tertiary/aromatic N) is 4. The summed E-state index contributed by atoms with van der Waals surface area (Å²) in [5, 5.41) is 0. The van der Waals surface area contributed by atoms with Crippen LogP contribution in [-0.4, -0.2) is 22.0 Å². The number of alkyl halides is 1. The summed E-state index contributed by atoms with van der Waals surface area (Å²) in [6.45, 7) is 2.66. The van der Waals surface area contributed by atoms with E-state index >= 15 is 0 Å². The van der Waals surface area contributed by atoms with Crippen molar-refractivity contribution in [3.8, 4) is 0 Å². The normalized spacial score (nSPS) is 10.4. The van der Waals surface area contributed by atoms with Gasteiger partial charge in [0.25, 0.3) is 0 Å². The van der Waals surface area contributed by atoms with Crippen molar-refractivity contribution in [3.63, 3.8) is 0 Å². The molecule has 0 aliphatic heterocycles. The predicted octanol–water partition coefficient (Wildman–Crippen LogP) is 2.56. The van der Waals surface area contributed by atoms with Crippen LogP contribution in [0.2, 0.25) is 0 Å². The van der Waals surface area contributed by atoms with Gasteiger partial charge in [-0.1, -0.05) is 6.07 Å². The number of halogens is 1. The highest BCUT2D eigenvalue weighted by Gasteiger charge is 2.07. The second-order valence-electron chi connectivity index (χ2n) is 4.15. The van der Waals surface area contributed by atoms with Crippen LogP contribution in [0.4, 0.5) is 5.95 Å². The number of anilines is 1. The van der Waals surface area contributed by atoms with E-state index in [1.807, 2.05) is 43.3 Å². The summed E-state index contributed by atoms with van der Waals surface area (Å²) in [7, 11) is 1.96. The number of rotatable bonds is 4. The first-order valence-electron chi connectivity index (χ1n) is 5.69. The van der Waals surface area contributed by atoms with E-state index < -0.39 is 0 Å². The molecule has 0 N–H and O–H groups in total. The molecule has 0 aromatic carbocycles. The van der Waals surface area contributed by atoms with Gasteiger partial charge in [-0.2, -0.15) is 0 Å². The molecular formula is C13H15ClN4. The molecule has 2 aromatic rings. The van der Waals surface area contributed by atoms with E-state index in [1.54, 1.807) is 6.20 Å². The van der Waals surface area contributed by atoms with Crippen molar-refractivity contribution >= 4 is 17.5 Å². The molecule has 2 rings (SSSR count). The van der Waals surface area contributed by atoms with Gasteiger partial charge in [0, 0.05) is 31.7 Å². The molecule has 0 aliphatic rings. The van der Waals surface area contributed by atoms with Crippen LogP contribution in [0.3, 0.4) is 0 Å². The zero-order chi connectivity index (χ0) is 13.0. The van der Waals surface area contributed by atoms with Crippen molar-refractivity contribution in [2.45, 2.75) is 19.3 Å². The van der Waals surface area contributed by atoms with Gasteiger partial charge in [-0.15, -0.1) is 11.6 Å². The Labute approximate surface area is 112 Å². The van der Waals surface area contributed by atoms with Crippen LogP contribution in [0, 0.1) is 6.92 Å². The fourth-order valence-electron chi connectivity index (χ4n) is 1.69. The van der Waals surface area contributed by atoms with Crippen molar-refractivity contribution in [1.29, 1.82) is 0 Å². The van der Waals surface area contributed by atoms with E-state index in [0.29, 0.717) is 11.8 Å². The molecule has 0 saturated heterocycles. The standard InChI is InChI=1S/C13H15ClN4/c1-10-6-12(7-14)17-13(16-10)18(2)9-11-4-3-5-15-8-11/h3-6,8H,7,9H2,1-2H3. The van der Waals surface area contributed by atoms with Gasteiger partial charge >= 0.3 is 0 Å². The van der Waals surface area contributed by atoms with Crippen LogP contribution in [0.15, 0.2) is 30.6 Å². The first kappa shape index (κ1) is 12.8. The van der Waals surface area contributed by atoms with Crippen molar-refractivity contribution < 1.29 is 0 Å². The molecule has 4 nitrogen and oxygen atoms in total. The lowest BCUT2D eigenvalue weighted by Crippen LogP contribution is -2.20. The van der Waals surface area contributed by atoms with Crippen molar-refractivity contribution in [2.24, 2.45) is 0 Å². The largest absolute Gasteiger partial charge is 0.339 e. The third kappa shape index (κ3) is 3.17. The molecule has 0 saturated carbocycles. The average Bonchev–Trinajstić information content (AvgIpc) is 2.39. The van der Waals surface area contributed by atoms with E-state index in [4.69, 9.17) is 11.6 Å². The van der Waals surface area contributed by atoms with E-state index in [2.05, 4.69) is 15.0 Å². The minimum Gasteiger partial charge on any atom is -0.339 e. The minimum atomic E-state index is 0.400. The second-order valence-corrected chi connectivity index (χ2v) is 4.42. The van der Waals surface area contributed by atoms with Crippen LogP contribution in [-0.2, 0) is 12.4 Å². The molecule has 0 radical (unpaired) electrons. The summed E-state index contributed by atoms with van der Waals surface area (Å²) in [5.41, 5.74) is 2.89. The van der Waals surface area contributed by atoms with Gasteiger partial charge in [0.05, 0.1) is 11.6 Å². The third-order valence-electron chi connectivity index (χ3n) is 2.52. The molecule has 0 unspecified atom stereocenters. The summed E-state index contributed by atoms with van der Waals surface area (Å²) in [6, 6.07) is 5.85. The zero-order valence-electron chi connectivity index (χ0n) is 10.5. The van der Waals surface area contributed by atoms with E-state index in [-0.39, 0.29) is 0 Å². The quantitative estimate of drug-likeness (QED) is 0.794. The SMILES string of the molecule is Cc1cc(CCl)nc(N(C)Cc2cccnc2)n1. The molecule has 0 spiro atoms.